The highest BCUT2D eigenvalue weighted by Crippen LogP contribution is 2.36. The number of nitrogens with zero attached hydrogens (tertiary/aromatic N) is 2. The van der Waals surface area contributed by atoms with E-state index in [9.17, 15) is 27.4 Å². The lowest BCUT2D eigenvalue weighted by Crippen LogP contribution is -2.21. The van der Waals surface area contributed by atoms with Gasteiger partial charge in [0.2, 0.25) is 0 Å². The van der Waals surface area contributed by atoms with Gasteiger partial charge in [0.15, 0.2) is 0 Å². The summed E-state index contributed by atoms with van der Waals surface area (Å²) < 4.78 is 52.5. The molecule has 0 bridgehead atoms. The molecular formula is C28H26N2O7S2. The van der Waals surface area contributed by atoms with Crippen LogP contribution in [0, 0.1) is 20.8 Å². The number of carboxylic acids is 1. The van der Waals surface area contributed by atoms with Crippen LogP contribution in [-0.2, 0) is 22.5 Å². The van der Waals surface area contributed by atoms with Gasteiger partial charge in [-0.15, -0.1) is 0 Å². The van der Waals surface area contributed by atoms with E-state index in [1.54, 1.807) is 61.5 Å². The minimum atomic E-state index is -2.54. The second-order valence-electron chi connectivity index (χ2n) is 8.76. The summed E-state index contributed by atoms with van der Waals surface area (Å²) in [7, 11) is 0. The molecule has 9 nitrogen and oxygen atoms in total. The lowest BCUT2D eigenvalue weighted by atomic mass is 10.1. The minimum absolute atomic E-state index is 0.0187. The standard InChI is InChI=1S/C28H26N2O7S2/c1-18-4-8-21(9-5-18)29(38(33)34)26-14-12-23(16-20(26)3)37-24-13-15-27(25(17-24)28(31)32)30(39(35)36)22-10-6-19(2)7-11-22/h4-17H,1-3H3,(H,31,32)(H,33,34)(H,35,36). The second kappa shape index (κ2) is 11.8. The molecule has 2 unspecified atom stereocenters. The predicted molar refractivity (Wildman–Crippen MR) is 153 cm³/mol. The van der Waals surface area contributed by atoms with Crippen LogP contribution in [0.4, 0.5) is 22.7 Å². The molecule has 0 fully saturated rings. The number of carboxylic acid groups (broad SMARTS) is 1. The van der Waals surface area contributed by atoms with Crippen molar-refractivity contribution in [3.05, 3.63) is 107 Å². The quantitative estimate of drug-likeness (QED) is 0.194. The largest absolute Gasteiger partial charge is 0.478 e. The summed E-state index contributed by atoms with van der Waals surface area (Å²) in [6.45, 7) is 5.56. The van der Waals surface area contributed by atoms with E-state index in [1.807, 2.05) is 26.0 Å². The Bertz CT molecular complexity index is 1560. The van der Waals surface area contributed by atoms with E-state index in [0.717, 1.165) is 15.4 Å². The SMILES string of the molecule is Cc1ccc(N(c2ccc(Oc3ccc(N(c4ccc(C)cc4)S(=O)O)c(C(=O)O)c3)cc2C)S(=O)O)cc1. The molecule has 4 rings (SSSR count). The number of anilines is 4. The molecule has 4 aromatic rings. The van der Waals surface area contributed by atoms with Crippen molar-refractivity contribution in [3.63, 3.8) is 0 Å². The number of carbonyl (C=O) groups is 1. The first kappa shape index (κ1) is 28.0. The zero-order chi connectivity index (χ0) is 28.3. The van der Waals surface area contributed by atoms with Gasteiger partial charge in [-0.05, 0) is 87.0 Å². The topological polar surface area (TPSA) is 128 Å². The maximum atomic E-state index is 12.2. The lowest BCUT2D eigenvalue weighted by molar-refractivity contribution is 0.0697. The molecular weight excluding hydrogens is 540 g/mol. The third-order valence-electron chi connectivity index (χ3n) is 5.89. The molecule has 202 valence electrons. The van der Waals surface area contributed by atoms with Crippen molar-refractivity contribution in [2.24, 2.45) is 0 Å². The number of benzene rings is 4. The monoisotopic (exact) mass is 566 g/mol. The number of hydrogen-bond acceptors (Lipinski definition) is 4. The first-order valence-electron chi connectivity index (χ1n) is 11.7. The molecule has 11 heteroatoms. The molecule has 2 atom stereocenters. The van der Waals surface area contributed by atoms with Crippen LogP contribution in [0.3, 0.4) is 0 Å². The van der Waals surface area contributed by atoms with E-state index >= 15 is 0 Å². The number of aryl methyl sites for hydroxylation is 3. The summed E-state index contributed by atoms with van der Waals surface area (Å²) in [5, 5.41) is 9.88. The van der Waals surface area contributed by atoms with Crippen LogP contribution in [0.5, 0.6) is 11.5 Å². The predicted octanol–water partition coefficient (Wildman–Crippen LogP) is 6.65. The van der Waals surface area contributed by atoms with Crippen LogP contribution in [0.25, 0.3) is 0 Å². The van der Waals surface area contributed by atoms with Crippen LogP contribution in [0.2, 0.25) is 0 Å². The Labute approximate surface area is 231 Å². The summed E-state index contributed by atoms with van der Waals surface area (Å²) in [5.74, 6) is -0.741. The number of aromatic carboxylic acids is 1. The van der Waals surface area contributed by atoms with Crippen LogP contribution >= 0.6 is 0 Å². The summed E-state index contributed by atoms with van der Waals surface area (Å²) in [4.78, 5) is 12.1. The normalized spacial score (nSPS) is 12.4. The first-order chi connectivity index (χ1) is 18.5. The molecule has 4 aromatic carbocycles. The number of ether oxygens (including phenoxy) is 1. The average molecular weight is 567 g/mol. The Morgan fingerprint density at radius 3 is 1.54 bits per heavy atom. The van der Waals surface area contributed by atoms with Gasteiger partial charge in [0, 0.05) is 0 Å². The lowest BCUT2D eigenvalue weighted by Gasteiger charge is -2.23. The molecule has 0 aromatic heterocycles. The Hall–Kier alpha value is -4.03. The summed E-state index contributed by atoms with van der Waals surface area (Å²) in [6.07, 6.45) is 0. The fourth-order valence-corrected chi connectivity index (χ4v) is 5.27. The summed E-state index contributed by atoms with van der Waals surface area (Å²) in [5.41, 5.74) is 3.78. The number of rotatable bonds is 9. The molecule has 39 heavy (non-hydrogen) atoms. The molecule has 3 N–H and O–H groups in total. The van der Waals surface area contributed by atoms with Crippen molar-refractivity contribution in [2.75, 3.05) is 8.61 Å². The Morgan fingerprint density at radius 1 is 0.667 bits per heavy atom. The van der Waals surface area contributed by atoms with Crippen molar-refractivity contribution in [3.8, 4) is 11.5 Å². The van der Waals surface area contributed by atoms with Gasteiger partial charge in [-0.25, -0.2) is 21.8 Å². The van der Waals surface area contributed by atoms with Crippen LogP contribution < -0.4 is 13.3 Å². The van der Waals surface area contributed by atoms with E-state index in [1.165, 1.54) is 22.5 Å². The first-order valence-corrected chi connectivity index (χ1v) is 13.8. The Balaban J connectivity index is 1.66. The zero-order valence-electron chi connectivity index (χ0n) is 21.3. The van der Waals surface area contributed by atoms with Crippen molar-refractivity contribution in [2.45, 2.75) is 20.8 Å². The van der Waals surface area contributed by atoms with E-state index in [4.69, 9.17) is 4.74 Å². The van der Waals surface area contributed by atoms with Gasteiger partial charge in [0.1, 0.15) is 11.5 Å². The number of hydrogen-bond donors (Lipinski definition) is 3. The van der Waals surface area contributed by atoms with Gasteiger partial charge in [0.25, 0.3) is 22.5 Å². The highest BCUT2D eigenvalue weighted by Gasteiger charge is 2.23. The van der Waals surface area contributed by atoms with Crippen molar-refractivity contribution < 1.29 is 32.2 Å². The van der Waals surface area contributed by atoms with Crippen molar-refractivity contribution >= 4 is 51.3 Å². The molecule has 0 amide bonds. The highest BCUT2D eigenvalue weighted by molar-refractivity contribution is 7.81. The third-order valence-corrected chi connectivity index (χ3v) is 7.33. The maximum Gasteiger partial charge on any atom is 0.337 e. The fraction of sp³-hybridized carbons (Fsp3) is 0.107. The summed E-state index contributed by atoms with van der Waals surface area (Å²) >= 11 is -4.86. The summed E-state index contributed by atoms with van der Waals surface area (Å²) in [6, 6.07) is 23.0. The van der Waals surface area contributed by atoms with E-state index in [0.29, 0.717) is 28.4 Å². The molecule has 0 heterocycles. The smallest absolute Gasteiger partial charge is 0.337 e. The van der Waals surface area contributed by atoms with Gasteiger partial charge in [-0.3, -0.25) is 9.11 Å². The van der Waals surface area contributed by atoms with Crippen LogP contribution in [0.15, 0.2) is 84.9 Å². The Kier molecular flexibility index (Phi) is 8.46. The molecule has 0 radical (unpaired) electrons. The van der Waals surface area contributed by atoms with Gasteiger partial charge in [-0.2, -0.15) is 0 Å². The van der Waals surface area contributed by atoms with Crippen LogP contribution in [-0.4, -0.2) is 28.6 Å². The zero-order valence-corrected chi connectivity index (χ0v) is 22.9. The van der Waals surface area contributed by atoms with Gasteiger partial charge < -0.3 is 9.84 Å². The van der Waals surface area contributed by atoms with E-state index < -0.39 is 28.5 Å². The fourth-order valence-electron chi connectivity index (χ4n) is 3.97. The molecule has 0 aliphatic rings. The van der Waals surface area contributed by atoms with Crippen molar-refractivity contribution in [1.82, 2.24) is 0 Å². The highest BCUT2D eigenvalue weighted by atomic mass is 32.2. The van der Waals surface area contributed by atoms with Crippen LogP contribution in [0.1, 0.15) is 27.0 Å². The average Bonchev–Trinajstić information content (AvgIpc) is 2.88. The maximum absolute atomic E-state index is 12.2. The minimum Gasteiger partial charge on any atom is -0.478 e. The van der Waals surface area contributed by atoms with Gasteiger partial charge >= 0.3 is 5.97 Å². The van der Waals surface area contributed by atoms with E-state index in [-0.39, 0.29) is 17.0 Å². The second-order valence-corrected chi connectivity index (χ2v) is 10.4. The molecule has 0 aliphatic heterocycles. The van der Waals surface area contributed by atoms with E-state index in [2.05, 4.69) is 0 Å². The molecule has 0 spiro atoms. The van der Waals surface area contributed by atoms with Gasteiger partial charge in [-0.1, -0.05) is 35.4 Å². The molecule has 0 saturated heterocycles. The third kappa shape index (κ3) is 6.35. The molecule has 0 aliphatic carbocycles. The van der Waals surface area contributed by atoms with Gasteiger partial charge in [0.05, 0.1) is 28.3 Å². The van der Waals surface area contributed by atoms with Crippen molar-refractivity contribution in [1.29, 1.82) is 0 Å². The Morgan fingerprint density at radius 2 is 1.10 bits per heavy atom. The molecule has 0 saturated carbocycles.